The highest BCUT2D eigenvalue weighted by molar-refractivity contribution is 5.91. The number of ether oxygens (including phenoxy) is 1. The predicted molar refractivity (Wildman–Crippen MR) is 136 cm³/mol. The number of aldehydes is 1. The molecule has 0 aliphatic heterocycles. The number of carbonyl (C=O) groups is 3. The van der Waals surface area contributed by atoms with Gasteiger partial charge in [0.25, 0.3) is 0 Å². The Morgan fingerprint density at radius 3 is 2.03 bits per heavy atom. The average molecular weight is 474 g/mol. The molecule has 0 saturated carbocycles. The summed E-state index contributed by atoms with van der Waals surface area (Å²) in [5, 5.41) is 8.76. The van der Waals surface area contributed by atoms with Crippen molar-refractivity contribution in [1.82, 2.24) is 16.0 Å². The normalized spacial score (nSPS) is 13.6. The largest absolute Gasteiger partial charge is 0.475 e. The van der Waals surface area contributed by atoms with Crippen LogP contribution in [0.3, 0.4) is 0 Å². The maximum Gasteiger partial charge on any atom is 0.243 e. The molecular formula is C27H43N3O4. The van der Waals surface area contributed by atoms with E-state index in [-0.39, 0.29) is 23.7 Å². The van der Waals surface area contributed by atoms with Crippen LogP contribution in [0, 0.1) is 11.8 Å². The molecule has 1 rings (SSSR count). The molecule has 0 aliphatic carbocycles. The third-order valence-electron chi connectivity index (χ3n) is 5.32. The van der Waals surface area contributed by atoms with Gasteiger partial charge in [0.15, 0.2) is 5.88 Å². The first-order chi connectivity index (χ1) is 16.2. The van der Waals surface area contributed by atoms with Gasteiger partial charge in [0.1, 0.15) is 25.0 Å². The highest BCUT2D eigenvalue weighted by atomic mass is 16.5. The first-order valence-electron chi connectivity index (χ1n) is 12.3. The van der Waals surface area contributed by atoms with E-state index in [1.54, 1.807) is 0 Å². The third kappa shape index (κ3) is 11.9. The van der Waals surface area contributed by atoms with Crippen molar-refractivity contribution in [2.45, 2.75) is 91.5 Å². The first-order valence-corrected chi connectivity index (χ1v) is 12.3. The molecule has 34 heavy (non-hydrogen) atoms. The zero-order valence-electron chi connectivity index (χ0n) is 21.4. The van der Waals surface area contributed by atoms with Gasteiger partial charge in [-0.25, -0.2) is 0 Å². The summed E-state index contributed by atoms with van der Waals surface area (Å²) < 4.78 is 5.71. The van der Waals surface area contributed by atoms with Gasteiger partial charge in [-0.15, -0.1) is 0 Å². The van der Waals surface area contributed by atoms with Crippen molar-refractivity contribution in [1.29, 1.82) is 0 Å². The van der Waals surface area contributed by atoms with Crippen molar-refractivity contribution in [3.8, 4) is 0 Å². The number of nitrogens with one attached hydrogen (secondary N) is 3. The van der Waals surface area contributed by atoms with Crippen molar-refractivity contribution in [3.05, 3.63) is 48.4 Å². The highest BCUT2D eigenvalue weighted by Gasteiger charge is 2.28. The van der Waals surface area contributed by atoms with E-state index in [0.717, 1.165) is 24.7 Å². The maximum absolute atomic E-state index is 13.2. The summed E-state index contributed by atoms with van der Waals surface area (Å²) in [6, 6.07) is 7.82. The zero-order valence-corrected chi connectivity index (χ0v) is 21.4. The van der Waals surface area contributed by atoms with Crippen LogP contribution in [-0.2, 0) is 25.7 Å². The van der Waals surface area contributed by atoms with Crippen LogP contribution in [0.15, 0.2) is 42.8 Å². The molecule has 0 bridgehead atoms. The first kappa shape index (κ1) is 29.2. The smallest absolute Gasteiger partial charge is 0.243 e. The van der Waals surface area contributed by atoms with E-state index < -0.39 is 18.1 Å². The molecular weight excluding hydrogens is 430 g/mol. The van der Waals surface area contributed by atoms with E-state index in [1.165, 1.54) is 0 Å². The van der Waals surface area contributed by atoms with Crippen LogP contribution in [0.25, 0.3) is 0 Å². The van der Waals surface area contributed by atoms with E-state index in [0.29, 0.717) is 31.8 Å². The number of carbonyl (C=O) groups excluding carboxylic acids is 3. The number of unbranched alkanes of at least 4 members (excludes halogenated alkanes) is 1. The van der Waals surface area contributed by atoms with Crippen molar-refractivity contribution >= 4 is 18.1 Å². The van der Waals surface area contributed by atoms with Crippen molar-refractivity contribution in [2.24, 2.45) is 11.8 Å². The summed E-state index contributed by atoms with van der Waals surface area (Å²) in [7, 11) is 0. The lowest BCUT2D eigenvalue weighted by atomic mass is 9.99. The van der Waals surface area contributed by atoms with Gasteiger partial charge in [-0.2, -0.15) is 0 Å². The minimum atomic E-state index is -0.730. The zero-order chi connectivity index (χ0) is 25.5. The van der Waals surface area contributed by atoms with Gasteiger partial charge >= 0.3 is 0 Å². The molecule has 190 valence electrons. The van der Waals surface area contributed by atoms with E-state index in [4.69, 9.17) is 4.74 Å². The van der Waals surface area contributed by atoms with Crippen molar-refractivity contribution in [2.75, 3.05) is 0 Å². The third-order valence-corrected chi connectivity index (χ3v) is 5.32. The molecule has 0 saturated heterocycles. The summed E-state index contributed by atoms with van der Waals surface area (Å²) in [6.07, 6.45) is 4.14. The van der Waals surface area contributed by atoms with Crippen LogP contribution in [0.2, 0.25) is 0 Å². The van der Waals surface area contributed by atoms with E-state index in [2.05, 4.69) is 22.5 Å². The van der Waals surface area contributed by atoms with Crippen LogP contribution in [-0.4, -0.2) is 36.2 Å². The summed E-state index contributed by atoms with van der Waals surface area (Å²) in [4.78, 5) is 37.5. The molecule has 0 radical (unpaired) electrons. The van der Waals surface area contributed by atoms with Gasteiger partial charge in [-0.05, 0) is 43.2 Å². The molecule has 2 amide bonds. The average Bonchev–Trinajstić information content (AvgIpc) is 2.79. The van der Waals surface area contributed by atoms with Gasteiger partial charge in [0.05, 0.1) is 6.04 Å². The fourth-order valence-corrected chi connectivity index (χ4v) is 3.54. The van der Waals surface area contributed by atoms with Crippen LogP contribution in [0.4, 0.5) is 0 Å². The quantitative estimate of drug-likeness (QED) is 0.234. The lowest BCUT2D eigenvalue weighted by Gasteiger charge is -2.27. The molecule has 0 spiro atoms. The summed E-state index contributed by atoms with van der Waals surface area (Å²) in [5.41, 5.74) is 0.997. The highest BCUT2D eigenvalue weighted by Crippen LogP contribution is 2.11. The van der Waals surface area contributed by atoms with Gasteiger partial charge < -0.3 is 25.5 Å². The van der Waals surface area contributed by atoms with Crippen molar-refractivity contribution < 1.29 is 19.1 Å². The molecule has 1 aromatic rings. The number of hydrogen-bond donors (Lipinski definition) is 3. The maximum atomic E-state index is 13.2. The molecule has 0 aliphatic rings. The molecule has 3 atom stereocenters. The Morgan fingerprint density at radius 2 is 1.50 bits per heavy atom. The molecule has 1 unspecified atom stereocenters. The Morgan fingerprint density at radius 1 is 0.941 bits per heavy atom. The van der Waals surface area contributed by atoms with Gasteiger partial charge in [-0.1, -0.05) is 77.8 Å². The lowest BCUT2D eigenvalue weighted by molar-refractivity contribution is -0.131. The van der Waals surface area contributed by atoms with Gasteiger partial charge in [0, 0.05) is 0 Å². The second-order valence-corrected chi connectivity index (χ2v) is 9.61. The molecule has 1 aromatic carbocycles. The topological polar surface area (TPSA) is 96.5 Å². The summed E-state index contributed by atoms with van der Waals surface area (Å²) in [5.74, 6) is 0.0843. The van der Waals surface area contributed by atoms with Crippen molar-refractivity contribution in [3.63, 3.8) is 0 Å². The van der Waals surface area contributed by atoms with E-state index in [1.807, 2.05) is 65.0 Å². The second kappa shape index (κ2) is 15.9. The number of amides is 2. The Balaban J connectivity index is 2.82. The Hall–Kier alpha value is -2.83. The van der Waals surface area contributed by atoms with Crippen LogP contribution < -0.4 is 16.0 Å². The monoisotopic (exact) mass is 473 g/mol. The second-order valence-electron chi connectivity index (χ2n) is 9.61. The number of hydrogen-bond acceptors (Lipinski definition) is 5. The Kier molecular flexibility index (Phi) is 13.7. The molecule has 0 heterocycles. The van der Waals surface area contributed by atoms with Gasteiger partial charge in [-0.3, -0.25) is 9.59 Å². The summed E-state index contributed by atoms with van der Waals surface area (Å²) in [6.45, 7) is 14.3. The fraction of sp³-hybridized carbons (Fsp3) is 0.593. The van der Waals surface area contributed by atoms with E-state index in [9.17, 15) is 14.4 Å². The molecule has 0 fully saturated rings. The lowest BCUT2D eigenvalue weighted by Crippen LogP contribution is -2.54. The number of benzene rings is 1. The minimum Gasteiger partial charge on any atom is -0.475 e. The molecule has 3 N–H and O–H groups in total. The molecule has 7 nitrogen and oxygen atoms in total. The van der Waals surface area contributed by atoms with Crippen LogP contribution in [0.1, 0.15) is 72.3 Å². The fourth-order valence-electron chi connectivity index (χ4n) is 3.54. The predicted octanol–water partition coefficient (Wildman–Crippen LogP) is 4.08. The Labute approximate surface area is 205 Å². The van der Waals surface area contributed by atoms with Gasteiger partial charge in [0.2, 0.25) is 11.8 Å². The van der Waals surface area contributed by atoms with Crippen LogP contribution in [0.5, 0.6) is 0 Å². The molecule has 0 aromatic heterocycles. The van der Waals surface area contributed by atoms with E-state index >= 15 is 0 Å². The minimum absolute atomic E-state index is 0.182. The van der Waals surface area contributed by atoms with Crippen LogP contribution >= 0.6 is 0 Å². The SMILES string of the molecule is C=C(N[C@H](CC(C)C)C(=O)N[C@@H](CC(C)C)C(=O)NC(C=O)CCCC)OCc1ccccc1. The summed E-state index contributed by atoms with van der Waals surface area (Å²) >= 11 is 0. The standard InChI is InChI=1S/C27H43N3O4/c1-7-8-14-23(17-31)29-26(32)25(16-20(4)5)30-27(33)24(15-19(2)3)28-21(6)34-18-22-12-10-9-11-13-22/h9-13,17,19-20,23-25,28H,6-8,14-16,18H2,1-5H3,(H,29,32)(H,30,33)/t23?,24-,25+/m1/s1. The Bertz CT molecular complexity index is 764. The molecule has 7 heteroatoms. The number of rotatable bonds is 17.